The van der Waals surface area contributed by atoms with Crippen LogP contribution in [0.3, 0.4) is 0 Å². The highest BCUT2D eigenvalue weighted by atomic mass is 32.1. The maximum Gasteiger partial charge on any atom is 0.0547 e. The van der Waals surface area contributed by atoms with Crippen LogP contribution in [-0.4, -0.2) is 0 Å². The molecule has 0 N–H and O–H groups in total. The molecule has 0 atom stereocenters. The van der Waals surface area contributed by atoms with Gasteiger partial charge in [0.2, 0.25) is 0 Å². The highest BCUT2D eigenvalue weighted by Crippen LogP contribution is 2.53. The van der Waals surface area contributed by atoms with E-state index in [4.69, 9.17) is 0 Å². The number of nitrogens with zero attached hydrogens (tertiary/aromatic N) is 2. The van der Waals surface area contributed by atoms with Crippen molar-refractivity contribution < 1.29 is 0 Å². The third kappa shape index (κ3) is 5.55. The summed E-state index contributed by atoms with van der Waals surface area (Å²) in [6.07, 6.45) is 0. The van der Waals surface area contributed by atoms with Gasteiger partial charge >= 0.3 is 0 Å². The first-order valence-corrected chi connectivity index (χ1v) is 21.0. The van der Waals surface area contributed by atoms with Crippen molar-refractivity contribution in [3.05, 3.63) is 218 Å². The lowest BCUT2D eigenvalue weighted by Crippen LogP contribution is -2.15. The van der Waals surface area contributed by atoms with Crippen molar-refractivity contribution in [2.75, 3.05) is 9.80 Å². The fourth-order valence-electron chi connectivity index (χ4n) is 9.19. The molecule has 12 rings (SSSR count). The topological polar surface area (TPSA) is 6.48 Å². The minimum atomic E-state index is 1.11. The molecule has 276 valence electrons. The monoisotopic (exact) mass is 768 g/mol. The summed E-state index contributed by atoms with van der Waals surface area (Å²) >= 11 is 1.86. The third-order valence-electron chi connectivity index (χ3n) is 12.0. The van der Waals surface area contributed by atoms with E-state index in [9.17, 15) is 0 Å². The Morgan fingerprint density at radius 3 is 1.69 bits per heavy atom. The van der Waals surface area contributed by atoms with Crippen LogP contribution in [-0.2, 0) is 0 Å². The standard InChI is InChI=1S/C56H36N2S/c1-2-13-43(14-3-1)57(45-30-24-39(25-31-45)42-27-35-54-50(36-42)48-16-6-7-19-53(48)59-54)44-28-20-37(21-29-44)38-22-32-46(33-23-38)58-51-18-9-12-41-11-8-17-49(55(41)51)56-47-15-5-4-10-40(47)26-34-52(56)58/h1-36H. The Labute approximate surface area is 347 Å². The summed E-state index contributed by atoms with van der Waals surface area (Å²) in [4.78, 5) is 4.78. The maximum absolute atomic E-state index is 2.44. The molecular weight excluding hydrogens is 733 g/mol. The van der Waals surface area contributed by atoms with Crippen LogP contribution in [0.5, 0.6) is 0 Å². The number of rotatable bonds is 6. The van der Waals surface area contributed by atoms with Crippen molar-refractivity contribution in [2.24, 2.45) is 0 Å². The molecular formula is C56H36N2S. The molecule has 0 radical (unpaired) electrons. The molecule has 0 fully saturated rings. The van der Waals surface area contributed by atoms with E-state index in [1.165, 1.54) is 86.5 Å². The van der Waals surface area contributed by atoms with Crippen LogP contribution in [0.1, 0.15) is 0 Å². The largest absolute Gasteiger partial charge is 0.311 e. The van der Waals surface area contributed by atoms with Crippen LogP contribution in [0.15, 0.2) is 218 Å². The minimum absolute atomic E-state index is 1.11. The van der Waals surface area contributed by atoms with Crippen molar-refractivity contribution in [1.29, 1.82) is 0 Å². The van der Waals surface area contributed by atoms with Gasteiger partial charge in [0.05, 0.1) is 11.4 Å². The molecule has 10 aromatic carbocycles. The molecule has 0 amide bonds. The summed E-state index contributed by atoms with van der Waals surface area (Å²) in [5.74, 6) is 0. The lowest BCUT2D eigenvalue weighted by molar-refractivity contribution is 1.28. The van der Waals surface area contributed by atoms with Gasteiger partial charge in [-0.25, -0.2) is 0 Å². The average Bonchev–Trinajstić information content (AvgIpc) is 3.68. The summed E-state index contributed by atoms with van der Waals surface area (Å²) in [5.41, 5.74) is 14.3. The summed E-state index contributed by atoms with van der Waals surface area (Å²) in [7, 11) is 0. The van der Waals surface area contributed by atoms with Gasteiger partial charge in [-0.15, -0.1) is 11.3 Å². The van der Waals surface area contributed by atoms with Crippen molar-refractivity contribution in [2.45, 2.75) is 0 Å². The van der Waals surface area contributed by atoms with Gasteiger partial charge in [0.15, 0.2) is 0 Å². The highest BCUT2D eigenvalue weighted by molar-refractivity contribution is 7.25. The summed E-state index contributed by atoms with van der Waals surface area (Å²) in [6, 6.07) is 79.9. The fraction of sp³-hybridized carbons (Fsp3) is 0. The molecule has 0 spiro atoms. The number of thiophene rings is 1. The van der Waals surface area contributed by atoms with Crippen LogP contribution in [0.4, 0.5) is 34.1 Å². The predicted octanol–water partition coefficient (Wildman–Crippen LogP) is 16.6. The van der Waals surface area contributed by atoms with Crippen molar-refractivity contribution in [3.8, 4) is 33.4 Å². The molecule has 1 aromatic heterocycles. The SMILES string of the molecule is c1ccc(N(c2ccc(-c3ccc(N4c5ccc6ccccc6c5-c5cccc6cccc4c56)cc3)cc2)c2ccc(-c3ccc4sc5ccccc5c4c3)cc2)cc1. The van der Waals surface area contributed by atoms with E-state index >= 15 is 0 Å². The van der Waals surface area contributed by atoms with Gasteiger partial charge in [0.1, 0.15) is 0 Å². The van der Waals surface area contributed by atoms with Crippen LogP contribution in [0, 0.1) is 0 Å². The summed E-state index contributed by atoms with van der Waals surface area (Å²) in [6.45, 7) is 0. The van der Waals surface area contributed by atoms with E-state index in [2.05, 4.69) is 228 Å². The fourth-order valence-corrected chi connectivity index (χ4v) is 10.3. The molecule has 3 heteroatoms. The lowest BCUT2D eigenvalue weighted by Gasteiger charge is -2.34. The van der Waals surface area contributed by atoms with Crippen molar-refractivity contribution in [3.63, 3.8) is 0 Å². The molecule has 0 aliphatic carbocycles. The van der Waals surface area contributed by atoms with Crippen LogP contribution < -0.4 is 9.80 Å². The van der Waals surface area contributed by atoms with E-state index in [1.807, 2.05) is 11.3 Å². The maximum atomic E-state index is 2.44. The first kappa shape index (κ1) is 33.7. The van der Waals surface area contributed by atoms with E-state index in [-0.39, 0.29) is 0 Å². The van der Waals surface area contributed by atoms with Crippen LogP contribution in [0.2, 0.25) is 0 Å². The first-order chi connectivity index (χ1) is 29.2. The molecule has 0 saturated heterocycles. The normalized spacial score (nSPS) is 12.0. The van der Waals surface area contributed by atoms with Gasteiger partial charge in [-0.05, 0) is 123 Å². The van der Waals surface area contributed by atoms with Gasteiger partial charge in [-0.1, -0.05) is 140 Å². The molecule has 1 aliphatic rings. The van der Waals surface area contributed by atoms with E-state index < -0.39 is 0 Å². The quantitative estimate of drug-likeness (QED) is 0.166. The molecule has 0 bridgehead atoms. The molecule has 2 nitrogen and oxygen atoms in total. The number of fused-ring (bicyclic) bond motifs is 7. The smallest absolute Gasteiger partial charge is 0.0547 e. The average molecular weight is 769 g/mol. The van der Waals surface area contributed by atoms with Gasteiger partial charge in [0, 0.05) is 53.9 Å². The Hall–Kier alpha value is -7.46. The number of anilines is 6. The van der Waals surface area contributed by atoms with E-state index in [1.54, 1.807) is 0 Å². The summed E-state index contributed by atoms with van der Waals surface area (Å²) < 4.78 is 2.66. The second kappa shape index (κ2) is 13.6. The zero-order valence-corrected chi connectivity index (χ0v) is 32.9. The number of benzene rings is 10. The number of para-hydroxylation sites is 1. The number of hydrogen-bond acceptors (Lipinski definition) is 3. The Morgan fingerprint density at radius 1 is 0.356 bits per heavy atom. The summed E-state index contributed by atoms with van der Waals surface area (Å²) in [5, 5.41) is 7.73. The van der Waals surface area contributed by atoms with Gasteiger partial charge in [-0.2, -0.15) is 0 Å². The highest BCUT2D eigenvalue weighted by Gasteiger charge is 2.27. The molecule has 59 heavy (non-hydrogen) atoms. The Bertz CT molecular complexity index is 3360. The molecule has 0 saturated carbocycles. The van der Waals surface area contributed by atoms with E-state index in [0.717, 1.165) is 22.7 Å². The third-order valence-corrected chi connectivity index (χ3v) is 13.1. The van der Waals surface area contributed by atoms with Gasteiger partial charge in [-0.3, -0.25) is 0 Å². The second-order valence-electron chi connectivity index (χ2n) is 15.3. The minimum Gasteiger partial charge on any atom is -0.311 e. The Balaban J connectivity index is 0.875. The first-order valence-electron chi connectivity index (χ1n) is 20.2. The van der Waals surface area contributed by atoms with Crippen LogP contribution in [0.25, 0.3) is 75.1 Å². The molecule has 1 aliphatic heterocycles. The van der Waals surface area contributed by atoms with Gasteiger partial charge in [0.25, 0.3) is 0 Å². The number of hydrogen-bond donors (Lipinski definition) is 0. The Morgan fingerprint density at radius 2 is 0.932 bits per heavy atom. The Kier molecular flexibility index (Phi) is 7.75. The predicted molar refractivity (Wildman–Crippen MR) is 254 cm³/mol. The second-order valence-corrected chi connectivity index (χ2v) is 16.4. The van der Waals surface area contributed by atoms with Gasteiger partial charge < -0.3 is 9.80 Å². The molecule has 11 aromatic rings. The molecule has 2 heterocycles. The lowest BCUT2D eigenvalue weighted by atomic mass is 9.87. The van der Waals surface area contributed by atoms with Crippen LogP contribution >= 0.6 is 11.3 Å². The molecule has 0 unspecified atom stereocenters. The zero-order chi connectivity index (χ0) is 38.9. The van der Waals surface area contributed by atoms with Crippen molar-refractivity contribution >= 4 is 87.2 Å². The zero-order valence-electron chi connectivity index (χ0n) is 32.1. The van der Waals surface area contributed by atoms with E-state index in [0.29, 0.717) is 0 Å². The van der Waals surface area contributed by atoms with Crippen molar-refractivity contribution in [1.82, 2.24) is 0 Å².